The Morgan fingerprint density at radius 2 is 1.47 bits per heavy atom. The molecule has 7 nitrogen and oxygen atoms in total. The van der Waals surface area contributed by atoms with Gasteiger partial charge in [0.05, 0.1) is 5.69 Å². The predicted octanol–water partition coefficient (Wildman–Crippen LogP) is 6.12. The second kappa shape index (κ2) is 9.48. The van der Waals surface area contributed by atoms with Crippen LogP contribution in [0.4, 0.5) is 5.69 Å². The molecule has 1 aliphatic heterocycles. The van der Waals surface area contributed by atoms with Crippen LogP contribution in [0.15, 0.2) is 107 Å². The summed E-state index contributed by atoms with van der Waals surface area (Å²) in [4.78, 5) is 2.00. The van der Waals surface area contributed by atoms with Crippen LogP contribution in [0.25, 0.3) is 39.4 Å². The van der Waals surface area contributed by atoms with Crippen LogP contribution in [0.3, 0.4) is 0 Å². The summed E-state index contributed by atoms with van der Waals surface area (Å²) in [5.41, 5.74) is 5.98. The maximum Gasteiger partial charge on any atom is 0.380 e. The van der Waals surface area contributed by atoms with Crippen LogP contribution in [0, 0.1) is 0 Å². The molecule has 0 amide bonds. The van der Waals surface area contributed by atoms with Crippen molar-refractivity contribution in [2.24, 2.45) is 0 Å². The monoisotopic (exact) mass is 525 g/mol. The average Bonchev–Trinajstić information content (AvgIpc) is 3.44. The van der Waals surface area contributed by atoms with Gasteiger partial charge in [-0.1, -0.05) is 72.8 Å². The van der Waals surface area contributed by atoms with Crippen molar-refractivity contribution in [3.05, 3.63) is 109 Å². The molecule has 190 valence electrons. The summed E-state index contributed by atoms with van der Waals surface area (Å²) >= 11 is 0. The summed E-state index contributed by atoms with van der Waals surface area (Å²) in [7, 11) is -4.36. The minimum absolute atomic E-state index is 0.243. The molecule has 0 unspecified atom stereocenters. The van der Waals surface area contributed by atoms with Crippen molar-refractivity contribution in [1.29, 1.82) is 0 Å². The number of oxazole rings is 1. The number of fused-ring (bicyclic) bond motifs is 2. The minimum Gasteiger partial charge on any atom is -0.438 e. The third-order valence-electron chi connectivity index (χ3n) is 6.53. The van der Waals surface area contributed by atoms with E-state index in [0.29, 0.717) is 29.3 Å². The van der Waals surface area contributed by atoms with Crippen molar-refractivity contribution in [2.45, 2.75) is 12.8 Å². The second-order valence-corrected chi connectivity index (χ2v) is 10.4. The lowest BCUT2D eigenvalue weighted by Crippen LogP contribution is -2.39. The molecule has 1 aliphatic rings. The number of hydrogen-bond acceptors (Lipinski definition) is 5. The van der Waals surface area contributed by atoms with Crippen LogP contribution >= 0.6 is 0 Å². The van der Waals surface area contributed by atoms with Gasteiger partial charge < -0.3 is 14.1 Å². The molecule has 1 aromatic heterocycles. The molecule has 0 saturated heterocycles. The fraction of sp³-hybridized carbons (Fsp3) is 0.100. The lowest BCUT2D eigenvalue weighted by Gasteiger charge is -2.15. The van der Waals surface area contributed by atoms with Gasteiger partial charge in [0.25, 0.3) is 11.4 Å². The molecule has 0 radical (unpaired) electrons. The van der Waals surface area contributed by atoms with Crippen molar-refractivity contribution in [3.63, 3.8) is 0 Å². The fourth-order valence-corrected chi connectivity index (χ4v) is 5.36. The molecule has 0 saturated carbocycles. The van der Waals surface area contributed by atoms with E-state index in [4.69, 9.17) is 9.15 Å². The van der Waals surface area contributed by atoms with Crippen molar-refractivity contribution in [1.82, 2.24) is 0 Å². The summed E-state index contributed by atoms with van der Waals surface area (Å²) in [5, 5.41) is 0. The number of anilines is 1. The number of ether oxygens (including phenoxy) is 1. The lowest BCUT2D eigenvalue weighted by molar-refractivity contribution is -0.658. The van der Waals surface area contributed by atoms with Gasteiger partial charge in [-0.15, -0.1) is 4.57 Å². The largest absolute Gasteiger partial charge is 0.438 e. The molecule has 0 fully saturated rings. The molecule has 5 aromatic rings. The van der Waals surface area contributed by atoms with Gasteiger partial charge in [-0.05, 0) is 47.4 Å². The Morgan fingerprint density at radius 3 is 2.11 bits per heavy atom. The summed E-state index contributed by atoms with van der Waals surface area (Å²) in [6, 6.07) is 31.5. The van der Waals surface area contributed by atoms with Crippen LogP contribution < -0.4 is 14.2 Å². The smallest absolute Gasteiger partial charge is 0.380 e. The fourth-order valence-electron chi connectivity index (χ4n) is 4.77. The number of rotatable bonds is 6. The zero-order valence-electron chi connectivity index (χ0n) is 20.6. The van der Waals surface area contributed by atoms with E-state index in [1.165, 1.54) is 4.57 Å². The van der Waals surface area contributed by atoms with Gasteiger partial charge in [-0.25, -0.2) is 0 Å². The van der Waals surface area contributed by atoms with Crippen molar-refractivity contribution >= 4 is 33.0 Å². The Labute approximate surface area is 220 Å². The van der Waals surface area contributed by atoms with Gasteiger partial charge >= 0.3 is 16.0 Å². The third-order valence-corrected chi connectivity index (χ3v) is 7.11. The van der Waals surface area contributed by atoms with E-state index >= 15 is 0 Å². The molecule has 0 aliphatic carbocycles. The summed E-state index contributed by atoms with van der Waals surface area (Å²) in [6.07, 6.45) is 1.67. The molecule has 0 bridgehead atoms. The maximum absolute atomic E-state index is 12.0. The molecule has 6 rings (SSSR count). The average molecular weight is 526 g/mol. The highest BCUT2D eigenvalue weighted by molar-refractivity contribution is 7.84. The molecule has 1 N–H and O–H groups in total. The molecule has 0 atom stereocenters. The Balaban J connectivity index is 1.44. The third kappa shape index (κ3) is 4.55. The van der Waals surface area contributed by atoms with E-state index < -0.39 is 16.0 Å². The van der Waals surface area contributed by atoms with E-state index in [1.54, 1.807) is 12.1 Å². The Hall–Kier alpha value is -4.40. The van der Waals surface area contributed by atoms with Crippen LogP contribution in [0.5, 0.6) is 5.75 Å². The summed E-state index contributed by atoms with van der Waals surface area (Å²) < 4.78 is 47.4. The highest BCUT2D eigenvalue weighted by Gasteiger charge is 2.31. The quantitative estimate of drug-likeness (QED) is 0.213. The van der Waals surface area contributed by atoms with Crippen LogP contribution in [0.2, 0.25) is 0 Å². The first-order chi connectivity index (χ1) is 18.4. The van der Waals surface area contributed by atoms with E-state index in [2.05, 4.69) is 18.2 Å². The minimum atomic E-state index is -4.36. The number of aromatic nitrogens is 1. The van der Waals surface area contributed by atoms with E-state index in [9.17, 15) is 13.0 Å². The Kier molecular flexibility index (Phi) is 5.98. The highest BCUT2D eigenvalue weighted by atomic mass is 32.2. The van der Waals surface area contributed by atoms with Crippen molar-refractivity contribution < 1.29 is 26.7 Å². The lowest BCUT2D eigenvalue weighted by atomic mass is 10.0. The van der Waals surface area contributed by atoms with Gasteiger partial charge in [-0.2, -0.15) is 8.42 Å². The van der Waals surface area contributed by atoms with E-state index in [1.807, 2.05) is 84.6 Å². The number of hydrogen-bond donors (Lipinski definition) is 1. The van der Waals surface area contributed by atoms with Crippen molar-refractivity contribution in [2.75, 3.05) is 11.4 Å². The zero-order chi connectivity index (χ0) is 26.3. The normalized spacial score (nSPS) is 14.2. The van der Waals surface area contributed by atoms with E-state index in [0.717, 1.165) is 27.9 Å². The van der Waals surface area contributed by atoms with Gasteiger partial charge in [0.2, 0.25) is 11.5 Å². The predicted molar refractivity (Wildman–Crippen MR) is 147 cm³/mol. The van der Waals surface area contributed by atoms with Gasteiger partial charge in [-0.3, -0.25) is 4.55 Å². The molecule has 0 spiro atoms. The summed E-state index contributed by atoms with van der Waals surface area (Å²) in [5.74, 6) is 0.780. The molecule has 2 heterocycles. The van der Waals surface area contributed by atoms with Gasteiger partial charge in [0, 0.05) is 12.6 Å². The van der Waals surface area contributed by atoms with E-state index in [-0.39, 0.29) is 5.89 Å². The second-order valence-electron chi connectivity index (χ2n) is 9.01. The molecule has 38 heavy (non-hydrogen) atoms. The van der Waals surface area contributed by atoms with Gasteiger partial charge in [0.15, 0.2) is 5.75 Å². The highest BCUT2D eigenvalue weighted by Crippen LogP contribution is 2.42. The van der Waals surface area contributed by atoms with Gasteiger partial charge in [0.1, 0.15) is 6.08 Å². The molecule has 8 heteroatoms. The first-order valence-electron chi connectivity index (χ1n) is 12.2. The van der Waals surface area contributed by atoms with Crippen LogP contribution in [0.1, 0.15) is 12.8 Å². The summed E-state index contributed by atoms with van der Waals surface area (Å²) in [6.45, 7) is 2.63. The maximum atomic E-state index is 12.0. The molecule has 4 aromatic carbocycles. The molecular formula is C30H25N2O5S+. The first-order valence-corrected chi connectivity index (χ1v) is 13.8. The van der Waals surface area contributed by atoms with Crippen LogP contribution in [-0.4, -0.2) is 19.5 Å². The van der Waals surface area contributed by atoms with Crippen molar-refractivity contribution in [3.8, 4) is 28.0 Å². The standard InChI is InChI=1S/C30H24N2O5S/c1-2-31-25-17-23(21-9-5-3-6-10-21)13-15-27(25)36-29(31)19-30-32(20-38(33,34)35)26-18-24(14-16-28(26)37-30)22-11-7-4-8-12-22/h3-19H,2,20H2,1H3/p+1. The SMILES string of the molecule is CCN1C(=Cc2oc3ccc(-c4ccccc4)cc3[n+]2CS(=O)(=O)O)Oc2ccc(-c3ccccc3)cc21. The number of benzene rings is 4. The molecular weight excluding hydrogens is 500 g/mol. The number of nitrogens with zero attached hydrogens (tertiary/aromatic N) is 2. The zero-order valence-corrected chi connectivity index (χ0v) is 21.4. The Morgan fingerprint density at radius 1 is 0.842 bits per heavy atom. The Bertz CT molecular complexity index is 1780. The first kappa shape index (κ1) is 24.0. The van der Waals surface area contributed by atoms with Crippen LogP contribution in [-0.2, 0) is 16.0 Å². The topological polar surface area (TPSA) is 83.9 Å².